The molecule has 2 aromatic carbocycles. The van der Waals surface area contributed by atoms with Crippen LogP contribution in [0, 0.1) is 0 Å². The number of carbonyl (C=O) groups is 2. The second-order valence-electron chi connectivity index (χ2n) is 5.87. The van der Waals surface area contributed by atoms with E-state index in [0.717, 1.165) is 11.3 Å². The quantitative estimate of drug-likeness (QED) is 0.592. The van der Waals surface area contributed by atoms with Crippen molar-refractivity contribution in [1.29, 1.82) is 0 Å². The van der Waals surface area contributed by atoms with E-state index in [0.29, 0.717) is 17.2 Å². The van der Waals surface area contributed by atoms with Crippen molar-refractivity contribution in [3.05, 3.63) is 65.4 Å². The molecule has 3 amide bonds. The van der Waals surface area contributed by atoms with Gasteiger partial charge in [0.2, 0.25) is 0 Å². The molecule has 3 rings (SSSR count). The number of rotatable bonds is 5. The standard InChI is InChI=1S/C20H18ClN5O3/c1-22-20(28)25-13-5-8-15(16(21)9-13)19(27)26-18-10-17(23-11-24-18)12-3-6-14(29-2)7-4-12/h3-11H,1-2H3,(H2,22,25,28)(H,23,24,26,27). The smallest absolute Gasteiger partial charge is 0.318 e. The number of urea groups is 1. The van der Waals surface area contributed by atoms with Crippen molar-refractivity contribution in [3.8, 4) is 17.0 Å². The fourth-order valence-corrected chi connectivity index (χ4v) is 2.77. The lowest BCUT2D eigenvalue weighted by Gasteiger charge is -2.10. The van der Waals surface area contributed by atoms with Crippen LogP contribution in [-0.2, 0) is 0 Å². The third-order valence-electron chi connectivity index (χ3n) is 3.99. The van der Waals surface area contributed by atoms with Crippen LogP contribution < -0.4 is 20.7 Å². The lowest BCUT2D eigenvalue weighted by atomic mass is 10.1. The highest BCUT2D eigenvalue weighted by molar-refractivity contribution is 6.34. The van der Waals surface area contributed by atoms with Crippen LogP contribution in [0.3, 0.4) is 0 Å². The van der Waals surface area contributed by atoms with Crippen LogP contribution in [0.15, 0.2) is 54.9 Å². The Bertz CT molecular complexity index is 1040. The maximum atomic E-state index is 12.6. The molecule has 0 bridgehead atoms. The van der Waals surface area contributed by atoms with Crippen molar-refractivity contribution >= 4 is 35.0 Å². The summed E-state index contributed by atoms with van der Waals surface area (Å²) in [5.41, 5.74) is 2.22. The normalized spacial score (nSPS) is 10.2. The number of ether oxygens (including phenoxy) is 1. The van der Waals surface area contributed by atoms with Crippen molar-refractivity contribution in [2.75, 3.05) is 24.8 Å². The van der Waals surface area contributed by atoms with E-state index in [1.54, 1.807) is 19.2 Å². The van der Waals surface area contributed by atoms with E-state index in [2.05, 4.69) is 25.9 Å². The molecule has 1 heterocycles. The van der Waals surface area contributed by atoms with Gasteiger partial charge in [-0.15, -0.1) is 0 Å². The van der Waals surface area contributed by atoms with Gasteiger partial charge < -0.3 is 20.7 Å². The van der Waals surface area contributed by atoms with E-state index in [1.165, 1.54) is 25.5 Å². The number of amides is 3. The number of hydrogen-bond acceptors (Lipinski definition) is 5. The van der Waals surface area contributed by atoms with Gasteiger partial charge >= 0.3 is 6.03 Å². The predicted octanol–water partition coefficient (Wildman–Crippen LogP) is 3.81. The maximum absolute atomic E-state index is 12.6. The molecule has 8 nitrogen and oxygen atoms in total. The SMILES string of the molecule is CNC(=O)Nc1ccc(C(=O)Nc2cc(-c3ccc(OC)cc3)ncn2)c(Cl)c1. The fraction of sp³-hybridized carbons (Fsp3) is 0.100. The van der Waals surface area contributed by atoms with Crippen molar-refractivity contribution in [1.82, 2.24) is 15.3 Å². The minimum atomic E-state index is -0.430. The lowest BCUT2D eigenvalue weighted by Crippen LogP contribution is -2.24. The summed E-state index contributed by atoms with van der Waals surface area (Å²) in [5.74, 6) is 0.639. The van der Waals surface area contributed by atoms with E-state index in [1.807, 2.05) is 24.3 Å². The summed E-state index contributed by atoms with van der Waals surface area (Å²) in [5, 5.41) is 7.92. The van der Waals surface area contributed by atoms with Crippen LogP contribution in [0.5, 0.6) is 5.75 Å². The zero-order valence-corrected chi connectivity index (χ0v) is 16.4. The van der Waals surface area contributed by atoms with Crippen molar-refractivity contribution in [3.63, 3.8) is 0 Å². The fourth-order valence-electron chi connectivity index (χ4n) is 2.50. The van der Waals surface area contributed by atoms with E-state index in [4.69, 9.17) is 16.3 Å². The minimum absolute atomic E-state index is 0.195. The van der Waals surface area contributed by atoms with E-state index < -0.39 is 5.91 Å². The van der Waals surface area contributed by atoms with Gasteiger partial charge in [0, 0.05) is 24.4 Å². The number of anilines is 2. The first-order chi connectivity index (χ1) is 14.0. The minimum Gasteiger partial charge on any atom is -0.497 e. The number of carbonyl (C=O) groups excluding carboxylic acids is 2. The maximum Gasteiger partial charge on any atom is 0.318 e. The van der Waals surface area contributed by atoms with Crippen LogP contribution in [0.1, 0.15) is 10.4 Å². The first-order valence-electron chi connectivity index (χ1n) is 8.56. The summed E-state index contributed by atoms with van der Waals surface area (Å²) in [6.07, 6.45) is 1.37. The molecule has 0 unspecified atom stereocenters. The van der Waals surface area contributed by atoms with E-state index in [9.17, 15) is 9.59 Å². The molecule has 0 radical (unpaired) electrons. The summed E-state index contributed by atoms with van der Waals surface area (Å²) < 4.78 is 5.15. The van der Waals surface area contributed by atoms with Gasteiger partial charge in [-0.2, -0.15) is 0 Å². The van der Waals surface area contributed by atoms with Gasteiger partial charge in [-0.05, 0) is 42.5 Å². The summed E-state index contributed by atoms with van der Waals surface area (Å²) >= 11 is 6.20. The first-order valence-corrected chi connectivity index (χ1v) is 8.94. The zero-order chi connectivity index (χ0) is 20.8. The Hall–Kier alpha value is -3.65. The number of nitrogens with one attached hydrogen (secondary N) is 3. The average molecular weight is 412 g/mol. The lowest BCUT2D eigenvalue weighted by molar-refractivity contribution is 0.102. The third-order valence-corrected chi connectivity index (χ3v) is 4.31. The van der Waals surface area contributed by atoms with Crippen molar-refractivity contribution < 1.29 is 14.3 Å². The Morgan fingerprint density at radius 2 is 1.76 bits per heavy atom. The number of nitrogens with zero attached hydrogens (tertiary/aromatic N) is 2. The van der Waals surface area contributed by atoms with Gasteiger partial charge in [0.25, 0.3) is 5.91 Å². The van der Waals surface area contributed by atoms with Gasteiger partial charge in [0.05, 0.1) is 23.4 Å². The molecule has 0 saturated carbocycles. The molecular formula is C20H18ClN5O3. The highest BCUT2D eigenvalue weighted by Gasteiger charge is 2.13. The van der Waals surface area contributed by atoms with Crippen LogP contribution >= 0.6 is 11.6 Å². The number of benzene rings is 2. The van der Waals surface area contributed by atoms with Crippen LogP contribution in [0.25, 0.3) is 11.3 Å². The Labute approximate surface area is 172 Å². The number of halogens is 1. The average Bonchev–Trinajstić information content (AvgIpc) is 2.74. The topological polar surface area (TPSA) is 105 Å². The van der Waals surface area contributed by atoms with Crippen LogP contribution in [-0.4, -0.2) is 36.1 Å². The second kappa shape index (κ2) is 9.03. The first kappa shape index (κ1) is 20.1. The molecule has 29 heavy (non-hydrogen) atoms. The van der Waals surface area contributed by atoms with E-state index >= 15 is 0 Å². The number of methoxy groups -OCH3 is 1. The molecule has 1 aromatic heterocycles. The Balaban J connectivity index is 1.76. The predicted molar refractivity (Wildman–Crippen MR) is 112 cm³/mol. The van der Waals surface area contributed by atoms with Crippen molar-refractivity contribution in [2.45, 2.75) is 0 Å². The molecule has 148 valence electrons. The molecule has 0 fully saturated rings. The second-order valence-corrected chi connectivity index (χ2v) is 6.28. The molecule has 9 heteroatoms. The van der Waals surface area contributed by atoms with Gasteiger partial charge in [0.15, 0.2) is 0 Å². The number of aromatic nitrogens is 2. The molecule has 3 N–H and O–H groups in total. The Kier molecular flexibility index (Phi) is 6.25. The summed E-state index contributed by atoms with van der Waals surface area (Å²) in [6, 6.07) is 13.2. The van der Waals surface area contributed by atoms with Crippen LogP contribution in [0.2, 0.25) is 5.02 Å². The van der Waals surface area contributed by atoms with Gasteiger partial charge in [0.1, 0.15) is 17.9 Å². The molecular weight excluding hydrogens is 394 g/mol. The Morgan fingerprint density at radius 1 is 1.00 bits per heavy atom. The molecule has 0 aliphatic carbocycles. The largest absolute Gasteiger partial charge is 0.497 e. The monoisotopic (exact) mass is 411 g/mol. The summed E-state index contributed by atoms with van der Waals surface area (Å²) in [4.78, 5) is 32.3. The van der Waals surface area contributed by atoms with Gasteiger partial charge in [-0.25, -0.2) is 14.8 Å². The van der Waals surface area contributed by atoms with Crippen molar-refractivity contribution in [2.24, 2.45) is 0 Å². The molecule has 0 saturated heterocycles. The van der Waals surface area contributed by atoms with Gasteiger partial charge in [-0.1, -0.05) is 11.6 Å². The van der Waals surface area contributed by atoms with Gasteiger partial charge in [-0.3, -0.25) is 4.79 Å². The number of hydrogen-bond donors (Lipinski definition) is 3. The molecule has 0 atom stereocenters. The highest BCUT2D eigenvalue weighted by Crippen LogP contribution is 2.24. The third kappa shape index (κ3) is 4.99. The molecule has 0 aliphatic rings. The molecule has 3 aromatic rings. The van der Waals surface area contributed by atoms with E-state index in [-0.39, 0.29) is 16.6 Å². The summed E-state index contributed by atoms with van der Waals surface area (Å²) in [7, 11) is 3.10. The zero-order valence-electron chi connectivity index (χ0n) is 15.7. The van der Waals surface area contributed by atoms with Crippen LogP contribution in [0.4, 0.5) is 16.3 Å². The summed E-state index contributed by atoms with van der Waals surface area (Å²) in [6.45, 7) is 0. The Morgan fingerprint density at radius 3 is 2.41 bits per heavy atom. The molecule has 0 aliphatic heterocycles. The molecule has 0 spiro atoms. The highest BCUT2D eigenvalue weighted by atomic mass is 35.5.